The Hall–Kier alpha value is -0.916. The van der Waals surface area contributed by atoms with Gasteiger partial charge >= 0.3 is 203 Å². The van der Waals surface area contributed by atoms with Gasteiger partial charge in [0.25, 0.3) is 0 Å². The van der Waals surface area contributed by atoms with E-state index in [1.54, 1.807) is 18.9 Å². The van der Waals surface area contributed by atoms with Gasteiger partial charge in [0.15, 0.2) is 0 Å². The van der Waals surface area contributed by atoms with Gasteiger partial charge in [-0.3, -0.25) is 0 Å². The molecule has 0 spiro atoms. The van der Waals surface area contributed by atoms with Crippen molar-refractivity contribution in [1.82, 2.24) is 0 Å². The molecule has 34 heavy (non-hydrogen) atoms. The second kappa shape index (κ2) is 11.0. The van der Waals surface area contributed by atoms with Crippen LogP contribution in [0.5, 0.6) is 0 Å². The maximum absolute atomic E-state index is 2.50. The van der Waals surface area contributed by atoms with E-state index in [1.807, 2.05) is 3.81 Å². The molecule has 0 aromatic heterocycles. The van der Waals surface area contributed by atoms with Crippen LogP contribution in [0.2, 0.25) is 0 Å². The first-order chi connectivity index (χ1) is 15.1. The van der Waals surface area contributed by atoms with E-state index in [0.717, 1.165) is 12.8 Å². The van der Waals surface area contributed by atoms with Crippen LogP contribution in [0.25, 0.3) is 11.1 Å². The minimum absolute atomic E-state index is 0. The summed E-state index contributed by atoms with van der Waals surface area (Å²) in [7, 11) is 0. The first kappa shape index (κ1) is 29.3. The third kappa shape index (κ3) is 5.41. The molecule has 4 rings (SSSR count). The maximum Gasteiger partial charge on any atom is -1.00 e. The van der Waals surface area contributed by atoms with E-state index >= 15 is 0 Å². The van der Waals surface area contributed by atoms with Crippen molar-refractivity contribution in [3.63, 3.8) is 0 Å². The molecule has 2 aromatic carbocycles. The molecule has 0 nitrogen and oxygen atoms in total. The average Bonchev–Trinajstić information content (AvgIpc) is 3.37. The smallest absolute Gasteiger partial charge is 1.00 e. The van der Waals surface area contributed by atoms with Crippen LogP contribution in [0, 0.1) is 0 Å². The predicted octanol–water partition coefficient (Wildman–Crippen LogP) is 1.94. The normalized spacial score (nSPS) is 13.8. The Bertz CT molecular complexity index is 1150. The van der Waals surface area contributed by atoms with E-state index in [9.17, 15) is 0 Å². The molecule has 0 fully saturated rings. The van der Waals surface area contributed by atoms with Crippen LogP contribution < -0.4 is 28.7 Å². The fourth-order valence-electron chi connectivity index (χ4n) is 5.45. The standard InChI is InChI=1S/C21H25.C5H5.C5H10.2ClH.Ti/c1-20(2,3)16-7-9-18-14(12-16)11-15-13-17(21(4,5)6)8-10-19(15)18;1-2-4-5-3-1;1-3-5-4-2;;;/h7-10,12H,11H2,1-6H3;1-3H,4H2;3-4H2,1-2H3;2*1H;/q;;;;;+2/p-2. The van der Waals surface area contributed by atoms with Crippen LogP contribution in [0.4, 0.5) is 0 Å². The molecule has 2 aliphatic carbocycles. The van der Waals surface area contributed by atoms with Crippen LogP contribution in [-0.4, -0.2) is 3.81 Å². The summed E-state index contributed by atoms with van der Waals surface area (Å²) in [5, 5.41) is 0. The average molecular weight is 531 g/mol. The number of halogens is 2. The van der Waals surface area contributed by atoms with E-state index < -0.39 is 17.4 Å². The first-order valence-electron chi connectivity index (χ1n) is 12.4. The Labute approximate surface area is 226 Å². The zero-order valence-corrected chi connectivity index (χ0v) is 25.3. The van der Waals surface area contributed by atoms with Crippen LogP contribution in [-0.2, 0) is 34.7 Å². The van der Waals surface area contributed by atoms with Gasteiger partial charge in [0, 0.05) is 0 Å². The number of hydrogen-bond donors (Lipinski definition) is 0. The molecule has 182 valence electrons. The summed E-state index contributed by atoms with van der Waals surface area (Å²) in [6.45, 7) is 19.0. The Kier molecular flexibility index (Phi) is 9.49. The molecule has 0 heterocycles. The van der Waals surface area contributed by atoms with Crippen molar-refractivity contribution in [3.05, 3.63) is 74.7 Å². The Balaban J connectivity index is 0.00000204. The summed E-state index contributed by atoms with van der Waals surface area (Å²) in [5.74, 6) is 0. The number of hydrogen-bond acceptors (Lipinski definition) is 0. The van der Waals surface area contributed by atoms with Gasteiger partial charge in [-0.2, -0.15) is 0 Å². The van der Waals surface area contributed by atoms with Crippen molar-refractivity contribution in [1.29, 1.82) is 0 Å². The summed E-state index contributed by atoms with van der Waals surface area (Å²) in [5.41, 5.74) is 9.57. The monoisotopic (exact) mass is 530 g/mol. The van der Waals surface area contributed by atoms with Crippen molar-refractivity contribution >= 4 is 7.68 Å². The quantitative estimate of drug-likeness (QED) is 0.452. The van der Waals surface area contributed by atoms with Gasteiger partial charge in [-0.25, -0.2) is 0 Å². The molecule has 0 saturated carbocycles. The summed E-state index contributed by atoms with van der Waals surface area (Å²) in [6.07, 6.45) is 11.8. The van der Waals surface area contributed by atoms with Crippen LogP contribution in [0.15, 0.2) is 52.4 Å². The predicted molar refractivity (Wildman–Crippen MR) is 139 cm³/mol. The van der Waals surface area contributed by atoms with Crippen molar-refractivity contribution < 1.29 is 42.2 Å². The fourth-order valence-corrected chi connectivity index (χ4v) is 11.2. The van der Waals surface area contributed by atoms with Crippen LogP contribution in [0.3, 0.4) is 0 Å². The third-order valence-electron chi connectivity index (χ3n) is 7.30. The van der Waals surface area contributed by atoms with Gasteiger partial charge in [0.1, 0.15) is 0 Å². The largest absolute Gasteiger partial charge is 1.00 e. The van der Waals surface area contributed by atoms with Gasteiger partial charge in [-0.15, -0.1) is 0 Å². The molecule has 0 atom stereocenters. The van der Waals surface area contributed by atoms with Crippen LogP contribution in [0.1, 0.15) is 96.9 Å². The van der Waals surface area contributed by atoms with E-state index in [4.69, 9.17) is 0 Å². The van der Waals surface area contributed by atoms with E-state index in [2.05, 4.69) is 104 Å². The summed E-state index contributed by atoms with van der Waals surface area (Å²) < 4.78 is 5.36. The molecular weight excluding hydrogens is 491 g/mol. The van der Waals surface area contributed by atoms with Crippen LogP contribution >= 0.6 is 0 Å². The molecule has 3 heteroatoms. The fraction of sp³-hybridized carbons (Fsp3) is 0.452. The van der Waals surface area contributed by atoms with Gasteiger partial charge in [0.2, 0.25) is 0 Å². The molecule has 0 radical (unpaired) electrons. The zero-order chi connectivity index (χ0) is 23.3. The minimum Gasteiger partial charge on any atom is -1.00 e. The summed E-state index contributed by atoms with van der Waals surface area (Å²) in [4.78, 5) is 0. The zero-order valence-electron chi connectivity index (χ0n) is 22.2. The number of fused-ring (bicyclic) bond motifs is 3. The van der Waals surface area contributed by atoms with Crippen molar-refractivity contribution in [2.24, 2.45) is 0 Å². The SMILES string of the molecule is CC[C](CC)=[Ti+2]([C]1=CC=CC1)[c]1c(C(C)(C)C)ccc2c1Cc1cc(C(C)(C)C)ccc1-2.[Cl-].[Cl-]. The Morgan fingerprint density at radius 3 is 2.03 bits per heavy atom. The Morgan fingerprint density at radius 2 is 1.50 bits per heavy atom. The molecule has 2 aliphatic rings. The van der Waals surface area contributed by atoms with Gasteiger partial charge < -0.3 is 24.8 Å². The molecule has 0 amide bonds. The van der Waals surface area contributed by atoms with Crippen molar-refractivity contribution in [3.8, 4) is 11.1 Å². The van der Waals surface area contributed by atoms with Gasteiger partial charge in [-0.1, -0.05) is 0 Å². The molecular formula is C31H40Cl2Ti. The molecule has 0 bridgehead atoms. The molecule has 2 aromatic rings. The van der Waals surface area contributed by atoms with Gasteiger partial charge in [0.05, 0.1) is 0 Å². The molecule has 0 unspecified atom stereocenters. The van der Waals surface area contributed by atoms with Gasteiger partial charge in [-0.05, 0) is 0 Å². The molecule has 0 aliphatic heterocycles. The maximum atomic E-state index is 2.50. The third-order valence-corrected chi connectivity index (χ3v) is 12.8. The minimum atomic E-state index is -1.77. The summed E-state index contributed by atoms with van der Waals surface area (Å²) >= 11 is -1.77. The van der Waals surface area contributed by atoms with E-state index in [-0.39, 0.29) is 35.6 Å². The number of rotatable bonds is 4. The number of benzene rings is 2. The van der Waals surface area contributed by atoms with E-state index in [1.165, 1.54) is 35.1 Å². The number of allylic oxidation sites excluding steroid dienone is 4. The topological polar surface area (TPSA) is 0 Å². The Morgan fingerprint density at radius 1 is 0.853 bits per heavy atom. The molecule has 0 saturated heterocycles. The summed E-state index contributed by atoms with van der Waals surface area (Å²) in [6, 6.07) is 12.2. The second-order valence-corrected chi connectivity index (χ2v) is 15.6. The second-order valence-electron chi connectivity index (χ2n) is 11.6. The van der Waals surface area contributed by atoms with Crippen molar-refractivity contribution in [2.75, 3.05) is 0 Å². The van der Waals surface area contributed by atoms with E-state index in [0.29, 0.717) is 0 Å². The van der Waals surface area contributed by atoms with Crippen molar-refractivity contribution in [2.45, 2.75) is 91.9 Å². The first-order valence-corrected chi connectivity index (χ1v) is 14.8. The molecule has 0 N–H and O–H groups in total.